The van der Waals surface area contributed by atoms with E-state index in [1.165, 1.54) is 18.2 Å². The number of carboxylic acid groups (broad SMARTS) is 1. The van der Waals surface area contributed by atoms with Gasteiger partial charge in [-0.1, -0.05) is 50.1 Å². The number of hydrogen-bond donors (Lipinski definition) is 1. The molecule has 1 saturated heterocycles. The molecule has 0 spiro atoms. The molecule has 2 fully saturated rings. The van der Waals surface area contributed by atoms with Gasteiger partial charge in [-0.2, -0.15) is 0 Å². The van der Waals surface area contributed by atoms with Crippen LogP contribution in [0.1, 0.15) is 38.2 Å². The second-order valence-electron chi connectivity index (χ2n) is 8.10. The Balaban J connectivity index is 1.65. The number of para-hydroxylation sites is 1. The van der Waals surface area contributed by atoms with Crippen LogP contribution in [-0.4, -0.2) is 39.7 Å². The molecule has 1 saturated carbocycles. The molecule has 1 aliphatic carbocycles. The Hall–Kier alpha value is -3.06. The summed E-state index contributed by atoms with van der Waals surface area (Å²) < 4.78 is 5.28. The Kier molecular flexibility index (Phi) is 6.95. The maximum atomic E-state index is 13.5. The zero-order valence-corrected chi connectivity index (χ0v) is 18.8. The standard InChI is InChI=1S/C25H26N2O4S/c1-17-8-5-6-13-21(17)27-24(30)22(32-25(27)26-19-10-3-2-4-11-19)15-18-9-7-12-20(14-18)31-16-23(28)29/h2-4,7,9-12,14-15,17,21H,5-6,8,13,16H2,1H3,(H,28,29)/b22-15-,26-25?/t17-,21+/m1/s1. The number of aliphatic carboxylic acids is 1. The minimum atomic E-state index is -1.03. The summed E-state index contributed by atoms with van der Waals surface area (Å²) in [5, 5.41) is 9.54. The molecule has 2 aromatic carbocycles. The highest BCUT2D eigenvalue weighted by molar-refractivity contribution is 8.18. The molecule has 0 aromatic heterocycles. The van der Waals surface area contributed by atoms with E-state index >= 15 is 0 Å². The lowest BCUT2D eigenvalue weighted by Crippen LogP contribution is -2.44. The molecular formula is C25H26N2O4S. The van der Waals surface area contributed by atoms with E-state index in [0.29, 0.717) is 21.7 Å². The van der Waals surface area contributed by atoms with Gasteiger partial charge in [-0.15, -0.1) is 0 Å². The van der Waals surface area contributed by atoms with Crippen molar-refractivity contribution in [1.29, 1.82) is 0 Å². The molecule has 4 rings (SSSR count). The summed E-state index contributed by atoms with van der Waals surface area (Å²) in [7, 11) is 0. The average Bonchev–Trinajstić information content (AvgIpc) is 3.08. The second kappa shape index (κ2) is 10.0. The van der Waals surface area contributed by atoms with Crippen LogP contribution in [0.25, 0.3) is 6.08 Å². The molecule has 6 nitrogen and oxygen atoms in total. The first-order valence-electron chi connectivity index (χ1n) is 10.8. The molecule has 2 aliphatic rings. The summed E-state index contributed by atoms with van der Waals surface area (Å²) in [5.74, 6) is -0.191. The number of carbonyl (C=O) groups is 2. The normalized spacial score (nSPS) is 23.7. The van der Waals surface area contributed by atoms with E-state index in [9.17, 15) is 9.59 Å². The summed E-state index contributed by atoms with van der Waals surface area (Å²) in [6, 6.07) is 16.9. The number of nitrogens with zero attached hydrogens (tertiary/aromatic N) is 2. The molecule has 2 aromatic rings. The SMILES string of the molecule is C[C@@H]1CCCC[C@@H]1N1C(=O)/C(=C/c2cccc(OCC(=O)O)c2)SC1=Nc1ccccc1. The summed E-state index contributed by atoms with van der Waals surface area (Å²) in [6.07, 6.45) is 6.23. The molecule has 1 amide bonds. The number of carboxylic acids is 1. The number of aliphatic imine (C=N–C) groups is 1. The first-order chi connectivity index (χ1) is 15.5. The number of amidine groups is 1. The van der Waals surface area contributed by atoms with Crippen LogP contribution in [0, 0.1) is 5.92 Å². The topological polar surface area (TPSA) is 79.2 Å². The van der Waals surface area contributed by atoms with Crippen LogP contribution >= 0.6 is 11.8 Å². The van der Waals surface area contributed by atoms with Gasteiger partial charge in [-0.25, -0.2) is 9.79 Å². The molecule has 0 radical (unpaired) electrons. The summed E-state index contributed by atoms with van der Waals surface area (Å²) in [6.45, 7) is 1.81. The predicted molar refractivity (Wildman–Crippen MR) is 127 cm³/mol. The van der Waals surface area contributed by atoms with Crippen molar-refractivity contribution in [3.8, 4) is 5.75 Å². The summed E-state index contributed by atoms with van der Waals surface area (Å²) >= 11 is 1.39. The number of amides is 1. The first kappa shape index (κ1) is 22.1. The second-order valence-corrected chi connectivity index (χ2v) is 9.11. The third kappa shape index (κ3) is 5.22. The van der Waals surface area contributed by atoms with Gasteiger partial charge in [0.05, 0.1) is 10.6 Å². The molecule has 1 heterocycles. The Morgan fingerprint density at radius 1 is 1.19 bits per heavy atom. The van der Waals surface area contributed by atoms with Gasteiger partial charge in [0.15, 0.2) is 11.8 Å². The third-order valence-electron chi connectivity index (χ3n) is 5.73. The molecule has 2 atom stereocenters. The molecule has 7 heteroatoms. The van der Waals surface area contributed by atoms with Gasteiger partial charge >= 0.3 is 5.97 Å². The van der Waals surface area contributed by atoms with Gasteiger partial charge in [0.25, 0.3) is 5.91 Å². The van der Waals surface area contributed by atoms with Crippen molar-refractivity contribution in [2.75, 3.05) is 6.61 Å². The molecule has 32 heavy (non-hydrogen) atoms. The maximum absolute atomic E-state index is 13.5. The van der Waals surface area contributed by atoms with Crippen molar-refractivity contribution in [1.82, 2.24) is 4.90 Å². The first-order valence-corrected chi connectivity index (χ1v) is 11.6. The van der Waals surface area contributed by atoms with E-state index in [4.69, 9.17) is 14.8 Å². The van der Waals surface area contributed by atoms with Crippen molar-refractivity contribution in [3.63, 3.8) is 0 Å². The fraction of sp³-hybridized carbons (Fsp3) is 0.320. The van der Waals surface area contributed by atoms with Crippen molar-refractivity contribution in [2.24, 2.45) is 10.9 Å². The van der Waals surface area contributed by atoms with E-state index in [0.717, 1.165) is 30.5 Å². The third-order valence-corrected chi connectivity index (χ3v) is 6.72. The fourth-order valence-electron chi connectivity index (χ4n) is 4.14. The minimum absolute atomic E-state index is 0.0275. The quantitative estimate of drug-likeness (QED) is 0.602. The number of rotatable bonds is 6. The Morgan fingerprint density at radius 3 is 2.72 bits per heavy atom. The van der Waals surface area contributed by atoms with Crippen LogP contribution < -0.4 is 4.74 Å². The monoisotopic (exact) mass is 450 g/mol. The summed E-state index contributed by atoms with van der Waals surface area (Å²) in [4.78, 5) is 31.6. The maximum Gasteiger partial charge on any atom is 0.341 e. The average molecular weight is 451 g/mol. The van der Waals surface area contributed by atoms with E-state index in [1.807, 2.05) is 47.4 Å². The molecule has 1 N–H and O–H groups in total. The fourth-order valence-corrected chi connectivity index (χ4v) is 5.19. The van der Waals surface area contributed by atoms with Crippen LogP contribution in [-0.2, 0) is 9.59 Å². The van der Waals surface area contributed by atoms with E-state index in [-0.39, 0.29) is 11.9 Å². The van der Waals surface area contributed by atoms with Gasteiger partial charge in [-0.3, -0.25) is 9.69 Å². The lowest BCUT2D eigenvalue weighted by Gasteiger charge is -2.35. The zero-order valence-electron chi connectivity index (χ0n) is 17.9. The number of hydrogen-bond acceptors (Lipinski definition) is 5. The van der Waals surface area contributed by atoms with Crippen LogP contribution in [0.3, 0.4) is 0 Å². The number of ether oxygens (including phenoxy) is 1. The van der Waals surface area contributed by atoms with Crippen LogP contribution in [0.2, 0.25) is 0 Å². The summed E-state index contributed by atoms with van der Waals surface area (Å²) in [5.41, 5.74) is 1.60. The van der Waals surface area contributed by atoms with Gasteiger partial charge in [0.2, 0.25) is 0 Å². The highest BCUT2D eigenvalue weighted by atomic mass is 32.2. The molecular weight excluding hydrogens is 424 g/mol. The highest BCUT2D eigenvalue weighted by Crippen LogP contribution is 2.40. The number of benzene rings is 2. The van der Waals surface area contributed by atoms with E-state index in [1.54, 1.807) is 18.2 Å². The Bertz CT molecular complexity index is 1050. The van der Waals surface area contributed by atoms with Gasteiger partial charge in [-0.05, 0) is 66.4 Å². The van der Waals surface area contributed by atoms with Gasteiger partial charge in [0, 0.05) is 6.04 Å². The smallest absolute Gasteiger partial charge is 0.341 e. The molecule has 0 unspecified atom stereocenters. The number of thioether (sulfide) groups is 1. The molecule has 166 valence electrons. The van der Waals surface area contributed by atoms with E-state index in [2.05, 4.69) is 6.92 Å². The predicted octanol–water partition coefficient (Wildman–Crippen LogP) is 5.33. The van der Waals surface area contributed by atoms with E-state index < -0.39 is 12.6 Å². The number of carbonyl (C=O) groups excluding carboxylic acids is 1. The Labute approximate surface area is 192 Å². The van der Waals surface area contributed by atoms with Crippen LogP contribution in [0.5, 0.6) is 5.75 Å². The van der Waals surface area contributed by atoms with Gasteiger partial charge < -0.3 is 9.84 Å². The molecule has 0 bridgehead atoms. The van der Waals surface area contributed by atoms with Crippen molar-refractivity contribution in [3.05, 3.63) is 65.1 Å². The lowest BCUT2D eigenvalue weighted by atomic mass is 9.85. The molecule has 1 aliphatic heterocycles. The van der Waals surface area contributed by atoms with Crippen molar-refractivity contribution < 1.29 is 19.4 Å². The minimum Gasteiger partial charge on any atom is -0.482 e. The van der Waals surface area contributed by atoms with Crippen LogP contribution in [0.15, 0.2) is 64.5 Å². The lowest BCUT2D eigenvalue weighted by molar-refractivity contribution is -0.139. The zero-order chi connectivity index (χ0) is 22.5. The van der Waals surface area contributed by atoms with Crippen molar-refractivity contribution >= 4 is 40.6 Å². The van der Waals surface area contributed by atoms with Crippen LogP contribution in [0.4, 0.5) is 5.69 Å². The largest absolute Gasteiger partial charge is 0.482 e. The Morgan fingerprint density at radius 2 is 1.97 bits per heavy atom. The van der Waals surface area contributed by atoms with Crippen molar-refractivity contribution in [2.45, 2.75) is 38.6 Å². The highest BCUT2D eigenvalue weighted by Gasteiger charge is 2.41. The van der Waals surface area contributed by atoms with Gasteiger partial charge in [0.1, 0.15) is 5.75 Å².